The molecular formula is C15H14FNO. The Balaban J connectivity index is 2.10. The summed E-state index contributed by atoms with van der Waals surface area (Å²) in [6.07, 6.45) is 0.995. The molecule has 1 aliphatic rings. The predicted molar refractivity (Wildman–Crippen MR) is 70.6 cm³/mol. The van der Waals surface area contributed by atoms with Gasteiger partial charge in [0.1, 0.15) is 0 Å². The molecule has 1 heterocycles. The lowest BCUT2D eigenvalue weighted by atomic mass is 10.0. The second kappa shape index (κ2) is 4.33. The molecule has 0 spiro atoms. The van der Waals surface area contributed by atoms with Crippen molar-refractivity contribution in [1.82, 2.24) is 0 Å². The standard InChI is InChI=1S/C15H14FNO/c1-18-14-4-2-3-12(15(14)16)10-5-6-13-11(9-10)7-8-17-13/h2-6,9,17H,7-8H2,1H3. The van der Waals surface area contributed by atoms with E-state index in [1.54, 1.807) is 12.1 Å². The number of hydrogen-bond donors (Lipinski definition) is 1. The summed E-state index contributed by atoms with van der Waals surface area (Å²) >= 11 is 0. The van der Waals surface area contributed by atoms with E-state index in [1.165, 1.54) is 12.7 Å². The van der Waals surface area contributed by atoms with Gasteiger partial charge < -0.3 is 10.1 Å². The van der Waals surface area contributed by atoms with E-state index >= 15 is 0 Å². The fourth-order valence-electron chi connectivity index (χ4n) is 2.36. The molecule has 18 heavy (non-hydrogen) atoms. The molecule has 2 aromatic carbocycles. The van der Waals surface area contributed by atoms with Crippen LogP contribution in [0.5, 0.6) is 5.75 Å². The van der Waals surface area contributed by atoms with E-state index in [1.807, 2.05) is 24.3 Å². The van der Waals surface area contributed by atoms with E-state index in [9.17, 15) is 4.39 Å². The van der Waals surface area contributed by atoms with Crippen LogP contribution in [0.1, 0.15) is 5.56 Å². The molecule has 1 aliphatic heterocycles. The monoisotopic (exact) mass is 243 g/mol. The average Bonchev–Trinajstić information content (AvgIpc) is 2.86. The second-order valence-electron chi connectivity index (χ2n) is 4.37. The Kier molecular flexibility index (Phi) is 2.67. The first-order chi connectivity index (χ1) is 8.79. The van der Waals surface area contributed by atoms with E-state index in [2.05, 4.69) is 5.32 Å². The highest BCUT2D eigenvalue weighted by Gasteiger charge is 2.14. The molecule has 0 unspecified atom stereocenters. The smallest absolute Gasteiger partial charge is 0.172 e. The minimum atomic E-state index is -0.300. The van der Waals surface area contributed by atoms with Gasteiger partial charge in [0, 0.05) is 17.8 Å². The summed E-state index contributed by atoms with van der Waals surface area (Å²) in [5, 5.41) is 3.30. The number of ether oxygens (including phenoxy) is 1. The Labute approximate surface area is 105 Å². The fraction of sp³-hybridized carbons (Fsp3) is 0.200. The lowest BCUT2D eigenvalue weighted by Gasteiger charge is -2.09. The van der Waals surface area contributed by atoms with Gasteiger partial charge >= 0.3 is 0 Å². The zero-order chi connectivity index (χ0) is 12.5. The Hall–Kier alpha value is -2.03. The molecule has 0 aromatic heterocycles. The van der Waals surface area contributed by atoms with Crippen LogP contribution in [-0.2, 0) is 6.42 Å². The molecule has 0 atom stereocenters. The number of rotatable bonds is 2. The molecule has 1 N–H and O–H groups in total. The molecule has 0 aliphatic carbocycles. The van der Waals surface area contributed by atoms with Crippen LogP contribution in [0.3, 0.4) is 0 Å². The normalized spacial score (nSPS) is 13.0. The van der Waals surface area contributed by atoms with Gasteiger partial charge in [0.2, 0.25) is 0 Å². The summed E-state index contributed by atoms with van der Waals surface area (Å²) < 4.78 is 19.2. The molecular weight excluding hydrogens is 229 g/mol. The SMILES string of the molecule is COc1cccc(-c2ccc3c(c2)CCN3)c1F. The summed E-state index contributed by atoms with van der Waals surface area (Å²) in [7, 11) is 1.48. The first kappa shape index (κ1) is 11.1. The van der Waals surface area contributed by atoms with Crippen molar-refractivity contribution in [2.45, 2.75) is 6.42 Å². The van der Waals surface area contributed by atoms with Crippen LogP contribution in [0, 0.1) is 5.82 Å². The van der Waals surface area contributed by atoms with Crippen molar-refractivity contribution in [3.63, 3.8) is 0 Å². The highest BCUT2D eigenvalue weighted by Crippen LogP contribution is 2.32. The quantitative estimate of drug-likeness (QED) is 0.872. The zero-order valence-electron chi connectivity index (χ0n) is 10.2. The minimum Gasteiger partial charge on any atom is -0.494 e. The number of fused-ring (bicyclic) bond motifs is 1. The van der Waals surface area contributed by atoms with Crippen molar-refractivity contribution in [2.24, 2.45) is 0 Å². The topological polar surface area (TPSA) is 21.3 Å². The Morgan fingerprint density at radius 3 is 2.94 bits per heavy atom. The van der Waals surface area contributed by atoms with Crippen LogP contribution < -0.4 is 10.1 Å². The Morgan fingerprint density at radius 1 is 1.22 bits per heavy atom. The van der Waals surface area contributed by atoms with E-state index in [-0.39, 0.29) is 11.6 Å². The third-order valence-electron chi connectivity index (χ3n) is 3.31. The van der Waals surface area contributed by atoms with Crippen molar-refractivity contribution in [1.29, 1.82) is 0 Å². The maximum absolute atomic E-state index is 14.2. The minimum absolute atomic E-state index is 0.283. The van der Waals surface area contributed by atoms with Gasteiger partial charge in [-0.05, 0) is 35.7 Å². The third-order valence-corrected chi connectivity index (χ3v) is 3.31. The first-order valence-corrected chi connectivity index (χ1v) is 5.99. The van der Waals surface area contributed by atoms with Gasteiger partial charge in [-0.3, -0.25) is 0 Å². The molecule has 0 saturated heterocycles. The van der Waals surface area contributed by atoms with E-state index in [0.717, 1.165) is 24.2 Å². The summed E-state index contributed by atoms with van der Waals surface area (Å²) in [4.78, 5) is 0. The van der Waals surface area contributed by atoms with Crippen LogP contribution >= 0.6 is 0 Å². The number of methoxy groups -OCH3 is 1. The highest BCUT2D eigenvalue weighted by molar-refractivity contribution is 5.71. The maximum atomic E-state index is 14.2. The molecule has 0 radical (unpaired) electrons. The fourth-order valence-corrected chi connectivity index (χ4v) is 2.36. The maximum Gasteiger partial charge on any atom is 0.172 e. The summed E-state index contributed by atoms with van der Waals surface area (Å²) in [6, 6.07) is 11.2. The lowest BCUT2D eigenvalue weighted by Crippen LogP contribution is -1.92. The van der Waals surface area contributed by atoms with E-state index in [0.29, 0.717) is 5.56 Å². The molecule has 0 bridgehead atoms. The van der Waals surface area contributed by atoms with Gasteiger partial charge in [0.05, 0.1) is 7.11 Å². The second-order valence-corrected chi connectivity index (χ2v) is 4.37. The predicted octanol–water partition coefficient (Wildman–Crippen LogP) is 3.47. The van der Waals surface area contributed by atoms with Gasteiger partial charge in [0.25, 0.3) is 0 Å². The molecule has 0 fully saturated rings. The van der Waals surface area contributed by atoms with Crippen LogP contribution in [-0.4, -0.2) is 13.7 Å². The van der Waals surface area contributed by atoms with Gasteiger partial charge in [0.15, 0.2) is 11.6 Å². The molecule has 92 valence electrons. The molecule has 2 aromatic rings. The molecule has 2 nitrogen and oxygen atoms in total. The number of halogens is 1. The van der Waals surface area contributed by atoms with Gasteiger partial charge in [-0.2, -0.15) is 0 Å². The van der Waals surface area contributed by atoms with Gasteiger partial charge in [-0.1, -0.05) is 18.2 Å². The van der Waals surface area contributed by atoms with E-state index < -0.39 is 0 Å². The van der Waals surface area contributed by atoms with Crippen molar-refractivity contribution < 1.29 is 9.13 Å². The van der Waals surface area contributed by atoms with E-state index in [4.69, 9.17) is 4.74 Å². The van der Waals surface area contributed by atoms with Gasteiger partial charge in [-0.25, -0.2) is 4.39 Å². The lowest BCUT2D eigenvalue weighted by molar-refractivity contribution is 0.387. The van der Waals surface area contributed by atoms with Crippen LogP contribution in [0.15, 0.2) is 36.4 Å². The Bertz CT molecular complexity index is 595. The number of nitrogens with one attached hydrogen (secondary N) is 1. The van der Waals surface area contributed by atoms with Crippen LogP contribution in [0.4, 0.5) is 10.1 Å². The third kappa shape index (κ3) is 1.72. The average molecular weight is 243 g/mol. The van der Waals surface area contributed by atoms with Crippen molar-refractivity contribution in [2.75, 3.05) is 19.0 Å². The van der Waals surface area contributed by atoms with Crippen molar-refractivity contribution in [3.05, 3.63) is 47.8 Å². The number of benzene rings is 2. The molecule has 0 amide bonds. The molecule has 3 heteroatoms. The molecule has 0 saturated carbocycles. The first-order valence-electron chi connectivity index (χ1n) is 5.99. The largest absolute Gasteiger partial charge is 0.494 e. The van der Waals surface area contributed by atoms with Crippen LogP contribution in [0.2, 0.25) is 0 Å². The summed E-state index contributed by atoms with van der Waals surface area (Å²) in [5.41, 5.74) is 3.88. The zero-order valence-corrected chi connectivity index (χ0v) is 10.2. The summed E-state index contributed by atoms with van der Waals surface area (Å²) in [5.74, 6) is -0.0166. The van der Waals surface area contributed by atoms with Crippen molar-refractivity contribution >= 4 is 5.69 Å². The van der Waals surface area contributed by atoms with Crippen LogP contribution in [0.25, 0.3) is 11.1 Å². The highest BCUT2D eigenvalue weighted by atomic mass is 19.1. The Morgan fingerprint density at radius 2 is 2.11 bits per heavy atom. The number of anilines is 1. The van der Waals surface area contributed by atoms with Crippen molar-refractivity contribution in [3.8, 4) is 16.9 Å². The summed E-state index contributed by atoms with van der Waals surface area (Å²) in [6.45, 7) is 0.958. The van der Waals surface area contributed by atoms with Gasteiger partial charge in [-0.15, -0.1) is 0 Å². The number of hydrogen-bond acceptors (Lipinski definition) is 2. The molecule has 3 rings (SSSR count).